The topological polar surface area (TPSA) is 38.9 Å². The molecule has 0 radical (unpaired) electrons. The second-order valence-corrected chi connectivity index (χ2v) is 4.49. The number of aryl methyl sites for hydroxylation is 2. The molecular weight excluding hydrogens is 232 g/mol. The standard InChI is InChI=1S/C10H11ClN2OS/c1-2-8-7(4-6-14-8)10-13-12-9(15-10)3-5-11/h4,6H,2-3,5H2,1H3. The summed E-state index contributed by atoms with van der Waals surface area (Å²) < 4.78 is 5.35. The number of furan rings is 1. The zero-order valence-corrected chi connectivity index (χ0v) is 9.94. The molecule has 2 aromatic rings. The van der Waals surface area contributed by atoms with Gasteiger partial charge < -0.3 is 4.42 Å². The molecule has 15 heavy (non-hydrogen) atoms. The Balaban J connectivity index is 2.28. The van der Waals surface area contributed by atoms with Crippen molar-refractivity contribution in [2.24, 2.45) is 0 Å². The maximum atomic E-state index is 5.65. The first-order valence-corrected chi connectivity index (χ1v) is 6.15. The molecule has 2 aromatic heterocycles. The van der Waals surface area contributed by atoms with Gasteiger partial charge in [0, 0.05) is 18.7 Å². The number of nitrogens with zero attached hydrogens (tertiary/aromatic N) is 2. The van der Waals surface area contributed by atoms with Crippen LogP contribution in [0.2, 0.25) is 0 Å². The van der Waals surface area contributed by atoms with E-state index in [9.17, 15) is 0 Å². The summed E-state index contributed by atoms with van der Waals surface area (Å²) in [7, 11) is 0. The fraction of sp³-hybridized carbons (Fsp3) is 0.400. The van der Waals surface area contributed by atoms with Gasteiger partial charge in [0.05, 0.1) is 11.8 Å². The van der Waals surface area contributed by atoms with Crippen molar-refractivity contribution >= 4 is 22.9 Å². The third-order valence-corrected chi connectivity index (χ3v) is 3.28. The van der Waals surface area contributed by atoms with E-state index in [0.29, 0.717) is 5.88 Å². The van der Waals surface area contributed by atoms with Crippen molar-refractivity contribution in [2.45, 2.75) is 19.8 Å². The minimum atomic E-state index is 0.584. The van der Waals surface area contributed by atoms with Crippen LogP contribution >= 0.6 is 22.9 Å². The predicted octanol–water partition coefficient (Wildman–Crippen LogP) is 3.14. The second-order valence-electron chi connectivity index (χ2n) is 3.05. The van der Waals surface area contributed by atoms with Gasteiger partial charge in [0.15, 0.2) is 5.01 Å². The molecule has 0 saturated carbocycles. The number of hydrogen-bond acceptors (Lipinski definition) is 4. The van der Waals surface area contributed by atoms with Crippen LogP contribution in [-0.2, 0) is 12.8 Å². The van der Waals surface area contributed by atoms with Crippen molar-refractivity contribution in [3.05, 3.63) is 23.1 Å². The van der Waals surface area contributed by atoms with Gasteiger partial charge in [0.25, 0.3) is 0 Å². The molecule has 2 rings (SSSR count). The Morgan fingerprint density at radius 3 is 3.07 bits per heavy atom. The monoisotopic (exact) mass is 242 g/mol. The molecule has 0 saturated heterocycles. The first-order valence-electron chi connectivity index (χ1n) is 4.80. The van der Waals surface area contributed by atoms with E-state index in [-0.39, 0.29) is 0 Å². The molecule has 0 aliphatic rings. The molecule has 0 fully saturated rings. The fourth-order valence-electron chi connectivity index (χ4n) is 1.35. The number of hydrogen-bond donors (Lipinski definition) is 0. The van der Waals surface area contributed by atoms with Crippen LogP contribution in [-0.4, -0.2) is 16.1 Å². The lowest BCUT2D eigenvalue weighted by molar-refractivity contribution is 0.517. The van der Waals surface area contributed by atoms with E-state index < -0.39 is 0 Å². The van der Waals surface area contributed by atoms with Gasteiger partial charge in [-0.25, -0.2) is 0 Å². The quantitative estimate of drug-likeness (QED) is 0.774. The Kier molecular flexibility index (Phi) is 3.38. The number of halogens is 1. The maximum absolute atomic E-state index is 5.65. The highest BCUT2D eigenvalue weighted by molar-refractivity contribution is 7.14. The van der Waals surface area contributed by atoms with Crippen LogP contribution in [0.15, 0.2) is 16.7 Å². The smallest absolute Gasteiger partial charge is 0.151 e. The first kappa shape index (κ1) is 10.6. The van der Waals surface area contributed by atoms with E-state index in [1.807, 2.05) is 6.07 Å². The van der Waals surface area contributed by atoms with Crippen LogP contribution in [0.3, 0.4) is 0 Å². The van der Waals surface area contributed by atoms with Crippen LogP contribution in [0.5, 0.6) is 0 Å². The third kappa shape index (κ3) is 2.21. The van der Waals surface area contributed by atoms with Crippen molar-refractivity contribution in [1.82, 2.24) is 10.2 Å². The Morgan fingerprint density at radius 1 is 1.47 bits per heavy atom. The molecule has 0 spiro atoms. The van der Waals surface area contributed by atoms with Gasteiger partial charge in [0.2, 0.25) is 0 Å². The summed E-state index contributed by atoms with van der Waals surface area (Å²) in [5.41, 5.74) is 1.05. The molecule has 5 heteroatoms. The summed E-state index contributed by atoms with van der Waals surface area (Å²) in [5, 5.41) is 10.1. The number of rotatable bonds is 4. The predicted molar refractivity (Wildman–Crippen MR) is 61.4 cm³/mol. The third-order valence-electron chi connectivity index (χ3n) is 2.07. The van der Waals surface area contributed by atoms with E-state index in [0.717, 1.165) is 34.2 Å². The maximum Gasteiger partial charge on any atom is 0.151 e. The molecule has 0 aliphatic carbocycles. The van der Waals surface area contributed by atoms with Crippen molar-refractivity contribution in [3.63, 3.8) is 0 Å². The molecule has 0 unspecified atom stereocenters. The van der Waals surface area contributed by atoms with E-state index in [4.69, 9.17) is 16.0 Å². The molecular formula is C10H11ClN2OS. The zero-order chi connectivity index (χ0) is 10.7. The van der Waals surface area contributed by atoms with Crippen LogP contribution in [0.25, 0.3) is 10.6 Å². The van der Waals surface area contributed by atoms with Crippen LogP contribution in [0.4, 0.5) is 0 Å². The van der Waals surface area contributed by atoms with E-state index in [1.165, 1.54) is 0 Å². The Labute approximate surface area is 97.1 Å². The largest absolute Gasteiger partial charge is 0.469 e. The lowest BCUT2D eigenvalue weighted by atomic mass is 10.2. The summed E-state index contributed by atoms with van der Waals surface area (Å²) in [6.45, 7) is 2.06. The van der Waals surface area contributed by atoms with Crippen molar-refractivity contribution in [3.8, 4) is 10.6 Å². The SMILES string of the molecule is CCc1occc1-c1nnc(CCCl)s1. The molecule has 80 valence electrons. The van der Waals surface area contributed by atoms with E-state index in [1.54, 1.807) is 17.6 Å². The normalized spacial score (nSPS) is 10.8. The molecule has 0 N–H and O–H groups in total. The Morgan fingerprint density at radius 2 is 2.33 bits per heavy atom. The van der Waals surface area contributed by atoms with Crippen molar-refractivity contribution < 1.29 is 4.42 Å². The van der Waals surface area contributed by atoms with E-state index >= 15 is 0 Å². The molecule has 0 aliphatic heterocycles. The van der Waals surface area contributed by atoms with Crippen molar-refractivity contribution in [2.75, 3.05) is 5.88 Å². The summed E-state index contributed by atoms with van der Waals surface area (Å²) in [5.74, 6) is 1.55. The van der Waals surface area contributed by atoms with Crippen molar-refractivity contribution in [1.29, 1.82) is 0 Å². The molecule has 0 amide bonds. The van der Waals surface area contributed by atoms with Gasteiger partial charge in [0.1, 0.15) is 10.8 Å². The van der Waals surface area contributed by atoms with Gasteiger partial charge in [-0.2, -0.15) is 0 Å². The average Bonchev–Trinajstić information content (AvgIpc) is 2.84. The number of alkyl halides is 1. The van der Waals surface area contributed by atoms with Gasteiger partial charge in [-0.1, -0.05) is 18.3 Å². The lowest BCUT2D eigenvalue weighted by Crippen LogP contribution is -1.83. The molecule has 0 bridgehead atoms. The lowest BCUT2D eigenvalue weighted by Gasteiger charge is -1.92. The Hall–Kier alpha value is -0.870. The fourth-order valence-corrected chi connectivity index (χ4v) is 2.52. The first-order chi connectivity index (χ1) is 7.35. The summed E-state index contributed by atoms with van der Waals surface area (Å²) in [6, 6.07) is 1.93. The molecule has 0 aromatic carbocycles. The van der Waals surface area contributed by atoms with Gasteiger partial charge in [-0.15, -0.1) is 21.8 Å². The average molecular weight is 243 g/mol. The summed E-state index contributed by atoms with van der Waals surface area (Å²) in [6.07, 6.45) is 3.34. The van der Waals surface area contributed by atoms with Crippen LogP contribution < -0.4 is 0 Å². The molecule has 2 heterocycles. The Bertz CT molecular complexity index is 438. The number of aromatic nitrogens is 2. The van der Waals surface area contributed by atoms with Gasteiger partial charge in [-0.3, -0.25) is 0 Å². The molecule has 0 atom stereocenters. The van der Waals surface area contributed by atoms with E-state index in [2.05, 4.69) is 17.1 Å². The van der Waals surface area contributed by atoms with Crippen LogP contribution in [0, 0.1) is 0 Å². The summed E-state index contributed by atoms with van der Waals surface area (Å²) >= 11 is 7.23. The highest BCUT2D eigenvalue weighted by Gasteiger charge is 2.12. The van der Waals surface area contributed by atoms with Crippen LogP contribution in [0.1, 0.15) is 17.7 Å². The zero-order valence-electron chi connectivity index (χ0n) is 8.36. The highest BCUT2D eigenvalue weighted by atomic mass is 35.5. The van der Waals surface area contributed by atoms with Gasteiger partial charge in [-0.05, 0) is 6.07 Å². The minimum absolute atomic E-state index is 0.584. The summed E-state index contributed by atoms with van der Waals surface area (Å²) in [4.78, 5) is 0. The second kappa shape index (κ2) is 4.77. The molecule has 3 nitrogen and oxygen atoms in total. The minimum Gasteiger partial charge on any atom is -0.469 e. The van der Waals surface area contributed by atoms with Gasteiger partial charge >= 0.3 is 0 Å². The highest BCUT2D eigenvalue weighted by Crippen LogP contribution is 2.28.